The number of nitrogens with zero attached hydrogens (tertiary/aromatic N) is 2. The van der Waals surface area contributed by atoms with Crippen LogP contribution >= 0.6 is 0 Å². The highest BCUT2D eigenvalue weighted by Crippen LogP contribution is 2.36. The molecule has 142 valence electrons. The number of ether oxygens (including phenoxy) is 6. The first-order valence-corrected chi connectivity index (χ1v) is 7.19. The van der Waals surface area contributed by atoms with E-state index < -0.39 is 23.5 Å². The first kappa shape index (κ1) is 20.8. The molecular formula is C15H23FN2O7. The van der Waals surface area contributed by atoms with Gasteiger partial charge in [0, 0.05) is 14.2 Å². The van der Waals surface area contributed by atoms with E-state index in [1.54, 1.807) is 0 Å². The van der Waals surface area contributed by atoms with Gasteiger partial charge in [-0.1, -0.05) is 0 Å². The highest BCUT2D eigenvalue weighted by molar-refractivity contribution is 5.76. The van der Waals surface area contributed by atoms with E-state index >= 15 is 4.39 Å². The second-order valence-corrected chi connectivity index (χ2v) is 5.19. The molecule has 0 N–H and O–H groups in total. The second-order valence-electron chi connectivity index (χ2n) is 5.19. The van der Waals surface area contributed by atoms with Crippen LogP contribution in [0, 0.1) is 0 Å². The van der Waals surface area contributed by atoms with Crippen molar-refractivity contribution in [2.24, 2.45) is 0 Å². The van der Waals surface area contributed by atoms with Crippen LogP contribution in [0.2, 0.25) is 0 Å². The molecule has 0 saturated heterocycles. The summed E-state index contributed by atoms with van der Waals surface area (Å²) in [6.45, 7) is 2.40. The minimum absolute atomic E-state index is 0.104. The highest BCUT2D eigenvalue weighted by Gasteiger charge is 2.57. The number of methoxy groups -OCH3 is 5. The molecule has 0 aliphatic rings. The van der Waals surface area contributed by atoms with Crippen molar-refractivity contribution in [1.82, 2.24) is 9.97 Å². The topological polar surface area (TPSA) is 98.2 Å². The normalized spacial score (nSPS) is 15.0. The molecular weight excluding hydrogens is 339 g/mol. The summed E-state index contributed by atoms with van der Waals surface area (Å²) in [7, 11) is 6.31. The van der Waals surface area contributed by atoms with Crippen molar-refractivity contribution in [1.29, 1.82) is 0 Å². The van der Waals surface area contributed by atoms with Crippen LogP contribution in [-0.4, -0.2) is 69.0 Å². The fraction of sp³-hybridized carbons (Fsp3) is 0.667. The second kappa shape index (κ2) is 8.26. The zero-order valence-electron chi connectivity index (χ0n) is 15.3. The lowest BCUT2D eigenvalue weighted by Gasteiger charge is -2.40. The average Bonchev–Trinajstić information content (AvgIpc) is 2.63. The number of rotatable bonds is 9. The Balaban J connectivity index is 3.32. The molecule has 1 heterocycles. The summed E-state index contributed by atoms with van der Waals surface area (Å²) in [5.41, 5.74) is -2.47. The van der Waals surface area contributed by atoms with Crippen molar-refractivity contribution in [3.63, 3.8) is 0 Å². The molecule has 0 radical (unpaired) electrons. The SMILES string of the molecule is COC(=O)C(Oc1nc(OC)cc(OC)n1)C(C)(F)C(C)(OC)OC. The fourth-order valence-electron chi connectivity index (χ4n) is 1.96. The maximum Gasteiger partial charge on any atom is 0.350 e. The molecule has 10 heteroatoms. The van der Waals surface area contributed by atoms with Crippen LogP contribution in [0.5, 0.6) is 17.8 Å². The molecule has 1 aromatic rings. The number of carbonyl (C=O) groups excluding carboxylic acids is 1. The van der Waals surface area contributed by atoms with Crippen LogP contribution in [0.15, 0.2) is 6.07 Å². The van der Waals surface area contributed by atoms with E-state index in [-0.39, 0.29) is 17.8 Å². The number of aromatic nitrogens is 2. The monoisotopic (exact) mass is 362 g/mol. The summed E-state index contributed by atoms with van der Waals surface area (Å²) in [6.07, 6.45) is -1.79. The molecule has 9 nitrogen and oxygen atoms in total. The molecule has 0 saturated carbocycles. The first-order valence-electron chi connectivity index (χ1n) is 7.19. The minimum atomic E-state index is -2.47. The van der Waals surface area contributed by atoms with E-state index in [2.05, 4.69) is 14.7 Å². The molecule has 0 aromatic carbocycles. The van der Waals surface area contributed by atoms with E-state index in [1.807, 2.05) is 0 Å². The van der Waals surface area contributed by atoms with Crippen molar-refractivity contribution in [2.45, 2.75) is 31.4 Å². The van der Waals surface area contributed by atoms with Gasteiger partial charge < -0.3 is 28.4 Å². The molecule has 1 aromatic heterocycles. The predicted octanol–water partition coefficient (Wildman–Crippen LogP) is 1.15. The smallest absolute Gasteiger partial charge is 0.350 e. The number of carbonyl (C=O) groups is 1. The molecule has 0 bridgehead atoms. The Morgan fingerprint density at radius 3 is 1.88 bits per heavy atom. The summed E-state index contributed by atoms with van der Waals surface area (Å²) in [5.74, 6) is -2.61. The zero-order valence-corrected chi connectivity index (χ0v) is 15.3. The van der Waals surface area contributed by atoms with Crippen LogP contribution in [0.1, 0.15) is 13.8 Å². The summed E-state index contributed by atoms with van der Waals surface area (Å²) < 4.78 is 45.6. The van der Waals surface area contributed by atoms with Gasteiger partial charge in [0.1, 0.15) is 0 Å². The third-order valence-corrected chi connectivity index (χ3v) is 3.87. The number of esters is 1. The fourth-order valence-corrected chi connectivity index (χ4v) is 1.96. The van der Waals surface area contributed by atoms with Gasteiger partial charge in [0.15, 0.2) is 0 Å². The van der Waals surface area contributed by atoms with Gasteiger partial charge in [-0.15, -0.1) is 0 Å². The van der Waals surface area contributed by atoms with Gasteiger partial charge >= 0.3 is 12.0 Å². The highest BCUT2D eigenvalue weighted by atomic mass is 19.1. The molecule has 1 rings (SSSR count). The first-order chi connectivity index (χ1) is 11.7. The molecule has 0 amide bonds. The Bertz CT molecular complexity index is 571. The van der Waals surface area contributed by atoms with Gasteiger partial charge in [-0.05, 0) is 13.8 Å². The Labute approximate surface area is 145 Å². The number of halogens is 1. The molecule has 2 unspecified atom stereocenters. The molecule has 25 heavy (non-hydrogen) atoms. The maximum atomic E-state index is 15.5. The predicted molar refractivity (Wildman–Crippen MR) is 83.5 cm³/mol. The Morgan fingerprint density at radius 1 is 1.04 bits per heavy atom. The van der Waals surface area contributed by atoms with Crippen molar-refractivity contribution in [2.75, 3.05) is 35.5 Å². The van der Waals surface area contributed by atoms with Crippen LogP contribution in [-0.2, 0) is 19.0 Å². The molecule has 0 spiro atoms. The Kier molecular flexibility index (Phi) is 6.88. The third-order valence-electron chi connectivity index (χ3n) is 3.87. The lowest BCUT2D eigenvalue weighted by molar-refractivity contribution is -0.282. The van der Waals surface area contributed by atoms with Crippen molar-refractivity contribution in [3.8, 4) is 17.8 Å². The number of hydrogen-bond donors (Lipinski definition) is 0. The van der Waals surface area contributed by atoms with E-state index in [1.165, 1.54) is 41.4 Å². The lowest BCUT2D eigenvalue weighted by atomic mass is 9.91. The van der Waals surface area contributed by atoms with Gasteiger partial charge in [0.05, 0.1) is 27.4 Å². The molecule has 0 aliphatic carbocycles. The minimum Gasteiger partial charge on any atom is -0.481 e. The summed E-state index contributed by atoms with van der Waals surface area (Å²) in [4.78, 5) is 20.0. The van der Waals surface area contributed by atoms with E-state index in [0.717, 1.165) is 14.0 Å². The Morgan fingerprint density at radius 2 is 1.52 bits per heavy atom. The standard InChI is InChI=1S/C15H23FN2O7/c1-14(16,15(2,23-6)24-7)11(12(19)22-5)25-13-17-9(20-3)8-10(18-13)21-4/h8,11H,1-7H3. The van der Waals surface area contributed by atoms with Gasteiger partial charge in [0.25, 0.3) is 0 Å². The van der Waals surface area contributed by atoms with Crippen molar-refractivity contribution in [3.05, 3.63) is 6.07 Å². The molecule has 0 fully saturated rings. The van der Waals surface area contributed by atoms with Crippen molar-refractivity contribution < 1.29 is 37.6 Å². The van der Waals surface area contributed by atoms with Crippen molar-refractivity contribution >= 4 is 5.97 Å². The van der Waals surface area contributed by atoms with Crippen LogP contribution < -0.4 is 14.2 Å². The zero-order chi connectivity index (χ0) is 19.3. The molecule has 2 atom stereocenters. The van der Waals surface area contributed by atoms with Crippen LogP contribution in [0.25, 0.3) is 0 Å². The van der Waals surface area contributed by atoms with E-state index in [4.69, 9.17) is 23.7 Å². The quantitative estimate of drug-likeness (QED) is 0.473. The van der Waals surface area contributed by atoms with E-state index in [9.17, 15) is 4.79 Å². The van der Waals surface area contributed by atoms with Crippen LogP contribution in [0.3, 0.4) is 0 Å². The van der Waals surface area contributed by atoms with E-state index in [0.29, 0.717) is 0 Å². The lowest BCUT2D eigenvalue weighted by Crippen LogP contribution is -2.61. The molecule has 0 aliphatic heterocycles. The van der Waals surface area contributed by atoms with Crippen LogP contribution in [0.4, 0.5) is 4.39 Å². The maximum absolute atomic E-state index is 15.5. The van der Waals surface area contributed by atoms with Gasteiger partial charge in [-0.25, -0.2) is 9.18 Å². The average molecular weight is 362 g/mol. The third kappa shape index (κ3) is 4.26. The summed E-state index contributed by atoms with van der Waals surface area (Å²) in [5, 5.41) is 0. The van der Waals surface area contributed by atoms with Gasteiger partial charge in [0.2, 0.25) is 29.3 Å². The summed E-state index contributed by atoms with van der Waals surface area (Å²) in [6, 6.07) is 1.05. The summed E-state index contributed by atoms with van der Waals surface area (Å²) >= 11 is 0. The Hall–Kier alpha value is -2.20. The van der Waals surface area contributed by atoms with Gasteiger partial charge in [-0.3, -0.25) is 0 Å². The van der Waals surface area contributed by atoms with Gasteiger partial charge in [-0.2, -0.15) is 9.97 Å². The number of hydrogen-bond acceptors (Lipinski definition) is 9. The largest absolute Gasteiger partial charge is 0.481 e. The number of alkyl halides is 1.